The minimum Gasteiger partial charge on any atom is -0.493 e. The van der Waals surface area contributed by atoms with E-state index in [-0.39, 0.29) is 17.5 Å². The Morgan fingerprint density at radius 3 is 2.79 bits per heavy atom. The van der Waals surface area contributed by atoms with Gasteiger partial charge in [-0.15, -0.1) is 0 Å². The Morgan fingerprint density at radius 2 is 2.12 bits per heavy atom. The number of aromatic nitrogens is 2. The fourth-order valence-electron chi connectivity index (χ4n) is 4.25. The lowest BCUT2D eigenvalue weighted by molar-refractivity contribution is 0.0925. The van der Waals surface area contributed by atoms with Crippen molar-refractivity contribution in [3.05, 3.63) is 35.4 Å². The molecule has 180 valence electrons. The van der Waals surface area contributed by atoms with Crippen LogP contribution in [0.2, 0.25) is 0 Å². The van der Waals surface area contributed by atoms with Crippen molar-refractivity contribution in [2.45, 2.75) is 57.9 Å². The van der Waals surface area contributed by atoms with Crippen LogP contribution in [0.25, 0.3) is 0 Å². The zero-order valence-electron chi connectivity index (χ0n) is 19.4. The Labute approximate surface area is 193 Å². The third-order valence-corrected chi connectivity index (χ3v) is 6.31. The summed E-state index contributed by atoms with van der Waals surface area (Å²) in [6.45, 7) is 7.54. The van der Waals surface area contributed by atoms with E-state index in [1.807, 2.05) is 0 Å². The molecule has 0 spiro atoms. The number of ether oxygens (including phenoxy) is 2. The van der Waals surface area contributed by atoms with Crippen molar-refractivity contribution in [1.82, 2.24) is 15.5 Å². The normalized spacial score (nSPS) is 19.3. The molecule has 3 heterocycles. The number of carbonyl (C=O) groups excluding carboxylic acids is 1. The largest absolute Gasteiger partial charge is 0.493 e. The zero-order valence-corrected chi connectivity index (χ0v) is 19.4. The molecular formula is C24H33FN4O4. The highest BCUT2D eigenvalue weighted by atomic mass is 19.1. The Balaban J connectivity index is 1.16. The van der Waals surface area contributed by atoms with Gasteiger partial charge in [0.05, 0.1) is 24.8 Å². The van der Waals surface area contributed by atoms with Gasteiger partial charge in [-0.3, -0.25) is 4.79 Å². The monoisotopic (exact) mass is 460 g/mol. The number of rotatable bonds is 9. The summed E-state index contributed by atoms with van der Waals surface area (Å²) in [5.41, 5.74) is 0.0303. The summed E-state index contributed by atoms with van der Waals surface area (Å²) in [5.74, 6) is 1.09. The first-order chi connectivity index (χ1) is 16.0. The molecule has 2 aliphatic heterocycles. The molecule has 2 aromatic rings. The van der Waals surface area contributed by atoms with Crippen molar-refractivity contribution in [3.8, 4) is 5.75 Å². The van der Waals surface area contributed by atoms with Crippen LogP contribution < -0.4 is 15.0 Å². The van der Waals surface area contributed by atoms with Crippen LogP contribution in [0.5, 0.6) is 5.75 Å². The molecule has 1 atom stereocenters. The van der Waals surface area contributed by atoms with Crippen molar-refractivity contribution in [2.75, 3.05) is 37.8 Å². The van der Waals surface area contributed by atoms with Crippen molar-refractivity contribution in [2.24, 2.45) is 5.92 Å². The van der Waals surface area contributed by atoms with Crippen molar-refractivity contribution >= 4 is 11.9 Å². The summed E-state index contributed by atoms with van der Waals surface area (Å²) in [6, 6.07) is 4.99. The van der Waals surface area contributed by atoms with E-state index in [0.717, 1.165) is 51.0 Å². The van der Waals surface area contributed by atoms with Gasteiger partial charge in [-0.1, -0.05) is 19.0 Å². The van der Waals surface area contributed by atoms with Gasteiger partial charge >= 0.3 is 6.01 Å². The maximum atomic E-state index is 14.4. The fraction of sp³-hybridized carbons (Fsp3) is 0.625. The minimum absolute atomic E-state index is 0.0303. The van der Waals surface area contributed by atoms with Crippen molar-refractivity contribution < 1.29 is 23.2 Å². The van der Waals surface area contributed by atoms with E-state index in [9.17, 15) is 9.18 Å². The first kappa shape index (κ1) is 23.5. The number of nitrogens with zero attached hydrogens (tertiary/aromatic N) is 3. The molecule has 9 heteroatoms. The van der Waals surface area contributed by atoms with E-state index in [1.165, 1.54) is 12.1 Å². The van der Waals surface area contributed by atoms with E-state index in [4.69, 9.17) is 14.0 Å². The average Bonchev–Trinajstić information content (AvgIpc) is 3.50. The van der Waals surface area contributed by atoms with E-state index in [1.54, 1.807) is 6.07 Å². The molecule has 33 heavy (non-hydrogen) atoms. The number of benzene rings is 1. The van der Waals surface area contributed by atoms with Crippen LogP contribution >= 0.6 is 0 Å². The predicted molar refractivity (Wildman–Crippen MR) is 121 cm³/mol. The second-order valence-corrected chi connectivity index (χ2v) is 9.19. The molecule has 1 aromatic heterocycles. The Morgan fingerprint density at radius 1 is 1.30 bits per heavy atom. The highest BCUT2D eigenvalue weighted by molar-refractivity contribution is 5.94. The number of hydrogen-bond donors (Lipinski definition) is 1. The third kappa shape index (κ3) is 6.22. The first-order valence-corrected chi connectivity index (χ1v) is 11.9. The van der Waals surface area contributed by atoms with Crippen LogP contribution in [0.1, 0.15) is 68.1 Å². The molecule has 1 aromatic carbocycles. The van der Waals surface area contributed by atoms with E-state index in [2.05, 4.69) is 34.2 Å². The molecule has 1 unspecified atom stereocenters. The van der Waals surface area contributed by atoms with Gasteiger partial charge in [0.1, 0.15) is 11.6 Å². The summed E-state index contributed by atoms with van der Waals surface area (Å²) in [6.07, 6.45) is 4.85. The minimum atomic E-state index is -0.571. The topological polar surface area (TPSA) is 89.7 Å². The molecule has 0 bridgehead atoms. The Hall–Kier alpha value is -2.68. The average molecular weight is 461 g/mol. The predicted octanol–water partition coefficient (Wildman–Crippen LogP) is 3.93. The van der Waals surface area contributed by atoms with E-state index >= 15 is 0 Å². The van der Waals surface area contributed by atoms with E-state index in [0.29, 0.717) is 37.5 Å². The summed E-state index contributed by atoms with van der Waals surface area (Å²) < 4.78 is 30.8. The zero-order chi connectivity index (χ0) is 23.2. The Kier molecular flexibility index (Phi) is 7.80. The molecule has 0 radical (unpaired) electrons. The number of carbonyl (C=O) groups is 1. The summed E-state index contributed by atoms with van der Waals surface area (Å²) >= 11 is 0. The van der Waals surface area contributed by atoms with Gasteiger partial charge in [0.2, 0.25) is 0 Å². The molecular weight excluding hydrogens is 427 g/mol. The van der Waals surface area contributed by atoms with E-state index < -0.39 is 11.7 Å². The van der Waals surface area contributed by atoms with Crippen LogP contribution in [-0.2, 0) is 4.74 Å². The summed E-state index contributed by atoms with van der Waals surface area (Å²) in [5, 5.41) is 6.85. The molecule has 2 saturated heterocycles. The van der Waals surface area contributed by atoms with Gasteiger partial charge in [-0.25, -0.2) is 4.39 Å². The quantitative estimate of drug-likeness (QED) is 0.567. The van der Waals surface area contributed by atoms with Gasteiger partial charge in [0, 0.05) is 31.7 Å². The number of anilines is 1. The van der Waals surface area contributed by atoms with Gasteiger partial charge in [0.25, 0.3) is 5.91 Å². The van der Waals surface area contributed by atoms with Gasteiger partial charge in [-0.2, -0.15) is 4.98 Å². The molecule has 8 nitrogen and oxygen atoms in total. The molecule has 4 rings (SSSR count). The molecule has 2 aliphatic rings. The number of piperidine rings is 1. The highest BCUT2D eigenvalue weighted by Crippen LogP contribution is 2.26. The van der Waals surface area contributed by atoms with Crippen LogP contribution in [0.15, 0.2) is 22.7 Å². The number of halogens is 1. The highest BCUT2D eigenvalue weighted by Gasteiger charge is 2.24. The standard InChI is InChI=1S/C24H33FN4O4/c1-16(2)22-27-24(33-28-22)29-10-7-17(8-11-29)4-3-12-32-19-5-6-20(21(25)14-19)23(30)26-18-9-13-31-15-18/h5-6,14,16-18H,3-4,7-13,15H2,1-2H3,(H,26,30). The Bertz CT molecular complexity index is 921. The van der Waals surface area contributed by atoms with Gasteiger partial charge in [-0.05, 0) is 50.2 Å². The first-order valence-electron chi connectivity index (χ1n) is 11.9. The smallest absolute Gasteiger partial charge is 0.324 e. The maximum absolute atomic E-state index is 14.4. The molecule has 1 amide bonds. The molecule has 0 saturated carbocycles. The van der Waals surface area contributed by atoms with Crippen LogP contribution in [0, 0.1) is 11.7 Å². The molecule has 2 fully saturated rings. The van der Waals surface area contributed by atoms with Crippen molar-refractivity contribution in [3.63, 3.8) is 0 Å². The SMILES string of the molecule is CC(C)c1noc(N2CCC(CCCOc3ccc(C(=O)NC4CCOC4)c(F)c3)CC2)n1. The lowest BCUT2D eigenvalue weighted by Crippen LogP contribution is -2.35. The van der Waals surface area contributed by atoms with Gasteiger partial charge < -0.3 is 24.2 Å². The van der Waals surface area contributed by atoms with Crippen LogP contribution in [0.3, 0.4) is 0 Å². The second kappa shape index (κ2) is 11.0. The lowest BCUT2D eigenvalue weighted by atomic mass is 9.92. The third-order valence-electron chi connectivity index (χ3n) is 6.31. The summed E-state index contributed by atoms with van der Waals surface area (Å²) in [7, 11) is 0. The van der Waals surface area contributed by atoms with Crippen LogP contribution in [0.4, 0.5) is 10.4 Å². The van der Waals surface area contributed by atoms with Crippen molar-refractivity contribution in [1.29, 1.82) is 0 Å². The lowest BCUT2D eigenvalue weighted by Gasteiger charge is -2.30. The molecule has 1 N–H and O–H groups in total. The number of amides is 1. The molecule has 0 aliphatic carbocycles. The number of nitrogens with one attached hydrogen (secondary N) is 1. The fourth-order valence-corrected chi connectivity index (χ4v) is 4.25. The number of hydrogen-bond acceptors (Lipinski definition) is 7. The van der Waals surface area contributed by atoms with Crippen LogP contribution in [-0.4, -0.2) is 55.0 Å². The second-order valence-electron chi connectivity index (χ2n) is 9.19. The maximum Gasteiger partial charge on any atom is 0.324 e. The van der Waals surface area contributed by atoms with Gasteiger partial charge in [0.15, 0.2) is 5.82 Å². The summed E-state index contributed by atoms with van der Waals surface area (Å²) in [4.78, 5) is 18.9.